The van der Waals surface area contributed by atoms with Crippen LogP contribution in [-0.4, -0.2) is 45.7 Å². The number of piperazine rings is 1. The van der Waals surface area contributed by atoms with Gasteiger partial charge in [-0.15, -0.1) is 0 Å². The lowest BCUT2D eigenvalue weighted by molar-refractivity contribution is 0.205. The number of aromatic nitrogens is 2. The molecule has 6 heteroatoms. The first-order chi connectivity index (χ1) is 14.0. The highest BCUT2D eigenvalue weighted by Gasteiger charge is 2.26. The zero-order valence-electron chi connectivity index (χ0n) is 16.9. The maximum atomic E-state index is 14.8. The van der Waals surface area contributed by atoms with Gasteiger partial charge in [-0.1, -0.05) is 42.0 Å². The highest BCUT2D eigenvalue weighted by Crippen LogP contribution is 2.33. The zero-order valence-corrected chi connectivity index (χ0v) is 16.9. The predicted molar refractivity (Wildman–Crippen MR) is 112 cm³/mol. The molecule has 2 heterocycles. The highest BCUT2D eigenvalue weighted by molar-refractivity contribution is 5.57. The number of hydrogen-bond donors (Lipinski definition) is 1. The minimum absolute atomic E-state index is 0.303. The standard InChI is InChI=1S/C23H27FN4O/c1-17-5-3-6-18(15-17)16-27-11-13-28(14-12-27)21-19(7-4-8-20(21)24)22(29)23-25-9-10-26(23)2/h3-10,15,22,29H,11-14,16H2,1-2H3/t22-/m0/s1. The lowest BCUT2D eigenvalue weighted by Gasteiger charge is -2.37. The number of aryl methyl sites for hydroxylation is 2. The molecule has 4 rings (SSSR count). The molecule has 1 aliphatic heterocycles. The van der Waals surface area contributed by atoms with Crippen LogP contribution >= 0.6 is 0 Å². The van der Waals surface area contributed by atoms with Crippen LogP contribution in [0.25, 0.3) is 0 Å². The van der Waals surface area contributed by atoms with Crippen molar-refractivity contribution in [3.05, 3.63) is 83.2 Å². The topological polar surface area (TPSA) is 44.5 Å². The number of imidazole rings is 1. The van der Waals surface area contributed by atoms with Crippen LogP contribution in [-0.2, 0) is 13.6 Å². The number of hydrogen-bond acceptors (Lipinski definition) is 4. The average molecular weight is 394 g/mol. The molecule has 1 aliphatic rings. The van der Waals surface area contributed by atoms with Crippen LogP contribution in [0, 0.1) is 12.7 Å². The number of aliphatic hydroxyl groups excluding tert-OH is 1. The Morgan fingerprint density at radius 2 is 1.86 bits per heavy atom. The Bertz CT molecular complexity index is 979. The SMILES string of the molecule is Cc1cccc(CN2CCN(c3c(F)cccc3[C@H](O)c3nccn3C)CC2)c1. The number of benzene rings is 2. The molecule has 2 aromatic carbocycles. The monoisotopic (exact) mass is 394 g/mol. The molecule has 3 aromatic rings. The van der Waals surface area contributed by atoms with Crippen LogP contribution in [0.1, 0.15) is 28.6 Å². The van der Waals surface area contributed by atoms with E-state index in [1.807, 2.05) is 11.9 Å². The molecule has 1 N–H and O–H groups in total. The van der Waals surface area contributed by atoms with E-state index < -0.39 is 6.10 Å². The van der Waals surface area contributed by atoms with Crippen molar-refractivity contribution in [3.8, 4) is 0 Å². The third-order valence-electron chi connectivity index (χ3n) is 5.59. The quantitative estimate of drug-likeness (QED) is 0.721. The molecule has 0 amide bonds. The van der Waals surface area contributed by atoms with E-state index in [0.29, 0.717) is 30.2 Å². The Morgan fingerprint density at radius 3 is 2.55 bits per heavy atom. The number of para-hydroxylation sites is 1. The summed E-state index contributed by atoms with van der Waals surface area (Å²) in [5, 5.41) is 10.9. The largest absolute Gasteiger partial charge is 0.380 e. The van der Waals surface area contributed by atoms with Gasteiger partial charge in [-0.2, -0.15) is 0 Å². The summed E-state index contributed by atoms with van der Waals surface area (Å²) in [6.45, 7) is 6.13. The Hall–Kier alpha value is -2.70. The van der Waals surface area contributed by atoms with Crippen molar-refractivity contribution in [2.45, 2.75) is 19.6 Å². The number of rotatable bonds is 5. The van der Waals surface area contributed by atoms with Crippen LogP contribution in [0.2, 0.25) is 0 Å². The van der Waals surface area contributed by atoms with Gasteiger partial charge in [0.15, 0.2) is 0 Å². The summed E-state index contributed by atoms with van der Waals surface area (Å²) in [7, 11) is 1.83. The second kappa shape index (κ2) is 8.35. The fraction of sp³-hybridized carbons (Fsp3) is 0.348. The highest BCUT2D eigenvalue weighted by atomic mass is 19.1. The lowest BCUT2D eigenvalue weighted by atomic mass is 10.0. The van der Waals surface area contributed by atoms with E-state index in [0.717, 1.165) is 19.6 Å². The molecule has 1 saturated heterocycles. The molecule has 0 saturated carbocycles. The van der Waals surface area contributed by atoms with Gasteiger partial charge >= 0.3 is 0 Å². The predicted octanol–water partition coefficient (Wildman–Crippen LogP) is 3.27. The van der Waals surface area contributed by atoms with Crippen molar-refractivity contribution in [3.63, 3.8) is 0 Å². The minimum Gasteiger partial charge on any atom is -0.380 e. The fourth-order valence-electron chi connectivity index (χ4n) is 4.06. The Morgan fingerprint density at radius 1 is 1.10 bits per heavy atom. The molecular weight excluding hydrogens is 367 g/mol. The summed E-state index contributed by atoms with van der Waals surface area (Å²) < 4.78 is 16.6. The third-order valence-corrected chi connectivity index (χ3v) is 5.59. The van der Waals surface area contributed by atoms with Crippen molar-refractivity contribution < 1.29 is 9.50 Å². The van der Waals surface area contributed by atoms with Gasteiger partial charge in [0.25, 0.3) is 0 Å². The molecule has 1 fully saturated rings. The van der Waals surface area contributed by atoms with Crippen LogP contribution in [0.3, 0.4) is 0 Å². The smallest absolute Gasteiger partial charge is 0.146 e. The van der Waals surface area contributed by atoms with Crippen LogP contribution in [0.4, 0.5) is 10.1 Å². The number of anilines is 1. The second-order valence-electron chi connectivity index (χ2n) is 7.73. The summed E-state index contributed by atoms with van der Waals surface area (Å²) in [4.78, 5) is 8.67. The van der Waals surface area contributed by atoms with E-state index in [-0.39, 0.29) is 5.82 Å². The normalized spacial score (nSPS) is 16.2. The summed E-state index contributed by atoms with van der Waals surface area (Å²) in [6, 6.07) is 13.5. The van der Waals surface area contributed by atoms with Crippen molar-refractivity contribution in [2.75, 3.05) is 31.1 Å². The molecule has 1 aromatic heterocycles. The van der Waals surface area contributed by atoms with Gasteiger partial charge in [0, 0.05) is 57.7 Å². The molecule has 0 bridgehead atoms. The van der Waals surface area contributed by atoms with Gasteiger partial charge in [-0.05, 0) is 18.6 Å². The lowest BCUT2D eigenvalue weighted by Crippen LogP contribution is -2.46. The van der Waals surface area contributed by atoms with Gasteiger partial charge in [-0.25, -0.2) is 9.37 Å². The molecular formula is C23H27FN4O. The average Bonchev–Trinajstić information content (AvgIpc) is 3.14. The number of halogens is 1. The fourth-order valence-corrected chi connectivity index (χ4v) is 4.06. The summed E-state index contributed by atoms with van der Waals surface area (Å²) in [5.41, 5.74) is 3.61. The van der Waals surface area contributed by atoms with E-state index in [9.17, 15) is 9.50 Å². The Balaban J connectivity index is 1.50. The van der Waals surface area contributed by atoms with Crippen LogP contribution in [0.15, 0.2) is 54.9 Å². The molecule has 29 heavy (non-hydrogen) atoms. The third kappa shape index (κ3) is 4.18. The first kappa shape index (κ1) is 19.6. The molecule has 0 radical (unpaired) electrons. The van der Waals surface area contributed by atoms with E-state index in [4.69, 9.17) is 0 Å². The Kier molecular flexibility index (Phi) is 5.65. The molecule has 152 valence electrons. The molecule has 0 spiro atoms. The number of nitrogens with zero attached hydrogens (tertiary/aromatic N) is 4. The first-order valence-electron chi connectivity index (χ1n) is 9.99. The summed E-state index contributed by atoms with van der Waals surface area (Å²) in [6.07, 6.45) is 2.45. The van der Waals surface area contributed by atoms with Crippen molar-refractivity contribution in [1.29, 1.82) is 0 Å². The van der Waals surface area contributed by atoms with Gasteiger partial charge in [0.05, 0.1) is 5.69 Å². The molecule has 0 aliphatic carbocycles. The molecule has 5 nitrogen and oxygen atoms in total. The van der Waals surface area contributed by atoms with Crippen LogP contribution < -0.4 is 4.90 Å². The van der Waals surface area contributed by atoms with E-state index in [2.05, 4.69) is 41.1 Å². The first-order valence-corrected chi connectivity index (χ1v) is 9.99. The van der Waals surface area contributed by atoms with Gasteiger partial charge in [0.1, 0.15) is 17.7 Å². The molecule has 1 atom stereocenters. The maximum Gasteiger partial charge on any atom is 0.146 e. The second-order valence-corrected chi connectivity index (χ2v) is 7.73. The van der Waals surface area contributed by atoms with E-state index in [1.54, 1.807) is 29.1 Å². The van der Waals surface area contributed by atoms with Gasteiger partial charge < -0.3 is 14.6 Å². The van der Waals surface area contributed by atoms with Crippen molar-refractivity contribution in [2.24, 2.45) is 7.05 Å². The number of aliphatic hydroxyl groups is 1. The zero-order chi connectivity index (χ0) is 20.4. The summed E-state index contributed by atoms with van der Waals surface area (Å²) >= 11 is 0. The summed E-state index contributed by atoms with van der Waals surface area (Å²) in [5.74, 6) is 0.206. The van der Waals surface area contributed by atoms with Gasteiger partial charge in [-0.3, -0.25) is 4.90 Å². The van der Waals surface area contributed by atoms with E-state index in [1.165, 1.54) is 17.2 Å². The van der Waals surface area contributed by atoms with E-state index >= 15 is 0 Å². The van der Waals surface area contributed by atoms with Crippen molar-refractivity contribution >= 4 is 5.69 Å². The van der Waals surface area contributed by atoms with Gasteiger partial charge in [0.2, 0.25) is 0 Å². The van der Waals surface area contributed by atoms with Crippen LogP contribution in [0.5, 0.6) is 0 Å². The Labute approximate surface area is 171 Å². The maximum absolute atomic E-state index is 14.8. The minimum atomic E-state index is -0.967. The molecule has 0 unspecified atom stereocenters. The van der Waals surface area contributed by atoms with Crippen molar-refractivity contribution in [1.82, 2.24) is 14.5 Å².